The van der Waals surface area contributed by atoms with Crippen molar-refractivity contribution in [2.75, 3.05) is 0 Å². The summed E-state index contributed by atoms with van der Waals surface area (Å²) in [6.07, 6.45) is 5.72. The van der Waals surface area contributed by atoms with E-state index in [2.05, 4.69) is 0 Å². The van der Waals surface area contributed by atoms with Crippen molar-refractivity contribution in [3.63, 3.8) is 0 Å². The van der Waals surface area contributed by atoms with Gasteiger partial charge in [-0.25, -0.2) is 16.8 Å². The van der Waals surface area contributed by atoms with Crippen LogP contribution in [0.5, 0.6) is 0 Å². The van der Waals surface area contributed by atoms with E-state index in [1.807, 2.05) is 12.2 Å². The van der Waals surface area contributed by atoms with Crippen molar-refractivity contribution in [2.24, 2.45) is 17.3 Å². The molecule has 5 rings (SSSR count). The van der Waals surface area contributed by atoms with E-state index in [-0.39, 0.29) is 27.0 Å². The molecule has 2 aromatic rings. The Morgan fingerprint density at radius 3 is 1.33 bits per heavy atom. The minimum atomic E-state index is -3.77. The summed E-state index contributed by atoms with van der Waals surface area (Å²) in [5.41, 5.74) is -0.182. The second kappa shape index (κ2) is 5.55. The molecule has 2 saturated carbocycles. The van der Waals surface area contributed by atoms with Gasteiger partial charge >= 0.3 is 0 Å². The summed E-state index contributed by atoms with van der Waals surface area (Å²) in [4.78, 5) is 0.417. The Bertz CT molecular complexity index is 1030. The van der Waals surface area contributed by atoms with Crippen molar-refractivity contribution < 1.29 is 16.8 Å². The van der Waals surface area contributed by atoms with Gasteiger partial charge in [-0.05, 0) is 42.5 Å². The lowest BCUT2D eigenvalue weighted by molar-refractivity contribution is 0.403. The van der Waals surface area contributed by atoms with Gasteiger partial charge < -0.3 is 0 Å². The molecule has 0 amide bonds. The first-order chi connectivity index (χ1) is 12.9. The Morgan fingerprint density at radius 1 is 0.630 bits per heavy atom. The smallest absolute Gasteiger partial charge is 0.183 e. The lowest BCUT2D eigenvalue weighted by Crippen LogP contribution is -2.42. The molecule has 0 radical (unpaired) electrons. The molecule has 2 bridgehead atoms. The third kappa shape index (κ3) is 2.26. The molecule has 4 atom stereocenters. The maximum atomic E-state index is 13.5. The zero-order valence-corrected chi connectivity index (χ0v) is 16.2. The van der Waals surface area contributed by atoms with Gasteiger partial charge in [0, 0.05) is 11.8 Å². The van der Waals surface area contributed by atoms with Crippen LogP contribution in [0.4, 0.5) is 0 Å². The van der Waals surface area contributed by atoms with Crippen LogP contribution in [-0.4, -0.2) is 27.3 Å². The third-order valence-electron chi connectivity index (χ3n) is 6.57. The van der Waals surface area contributed by atoms with E-state index in [0.29, 0.717) is 0 Å². The van der Waals surface area contributed by atoms with Gasteiger partial charge in [-0.3, -0.25) is 0 Å². The topological polar surface area (TPSA) is 68.3 Å². The zero-order valence-electron chi connectivity index (χ0n) is 14.6. The number of hydrogen-bond donors (Lipinski definition) is 0. The highest BCUT2D eigenvalue weighted by atomic mass is 32.2. The minimum absolute atomic E-state index is 0.182. The van der Waals surface area contributed by atoms with E-state index >= 15 is 0 Å². The van der Waals surface area contributed by atoms with Crippen LogP contribution < -0.4 is 0 Å². The zero-order chi connectivity index (χ0) is 18.9. The minimum Gasteiger partial charge on any atom is -0.223 e. The SMILES string of the molecule is O=S(=O)(c1ccccc1)C1C2C=CC(C1S(=O)(=O)c1ccccc1)C21CC1. The summed E-state index contributed by atoms with van der Waals surface area (Å²) >= 11 is 0. The van der Waals surface area contributed by atoms with Gasteiger partial charge in [-0.15, -0.1) is 0 Å². The van der Waals surface area contributed by atoms with E-state index < -0.39 is 30.2 Å². The maximum absolute atomic E-state index is 13.5. The Balaban J connectivity index is 1.69. The number of benzene rings is 2. The highest BCUT2D eigenvalue weighted by molar-refractivity contribution is 7.96. The Kier molecular flexibility index (Phi) is 3.53. The number of rotatable bonds is 4. The quantitative estimate of drug-likeness (QED) is 0.739. The van der Waals surface area contributed by atoms with Gasteiger partial charge in [0.15, 0.2) is 19.7 Å². The molecule has 4 unspecified atom stereocenters. The van der Waals surface area contributed by atoms with Crippen LogP contribution in [0.1, 0.15) is 12.8 Å². The van der Waals surface area contributed by atoms with Gasteiger partial charge in [0.1, 0.15) is 0 Å². The summed E-state index contributed by atoms with van der Waals surface area (Å²) < 4.78 is 54.1. The fourth-order valence-electron chi connectivity index (χ4n) is 5.21. The van der Waals surface area contributed by atoms with Crippen LogP contribution in [0, 0.1) is 17.3 Å². The van der Waals surface area contributed by atoms with Gasteiger partial charge in [0.25, 0.3) is 0 Å². The Hall–Kier alpha value is -1.92. The molecule has 3 aliphatic rings. The molecule has 140 valence electrons. The fraction of sp³-hybridized carbons (Fsp3) is 0.333. The maximum Gasteiger partial charge on any atom is 0.183 e. The molecule has 0 aliphatic heterocycles. The van der Waals surface area contributed by atoms with Crippen molar-refractivity contribution in [3.05, 3.63) is 72.8 Å². The predicted octanol–water partition coefficient (Wildman–Crippen LogP) is 3.27. The van der Waals surface area contributed by atoms with Crippen LogP contribution in [0.25, 0.3) is 0 Å². The third-order valence-corrected chi connectivity index (χ3v) is 11.2. The molecule has 2 aromatic carbocycles. The second-order valence-electron chi connectivity index (χ2n) is 7.81. The molecule has 2 fully saturated rings. The summed E-state index contributed by atoms with van der Waals surface area (Å²) in [6.45, 7) is 0. The number of allylic oxidation sites excluding steroid dienone is 2. The van der Waals surface area contributed by atoms with Crippen LogP contribution in [0.2, 0.25) is 0 Å². The standard InChI is InChI=1S/C21H20O4S2/c22-26(23,15-7-3-1-4-8-15)19-17-11-12-18(21(17)13-14-21)20(19)27(24,25)16-9-5-2-6-10-16/h1-12,17-20H,13-14H2. The summed E-state index contributed by atoms with van der Waals surface area (Å²) in [6, 6.07) is 16.5. The van der Waals surface area contributed by atoms with E-state index in [1.54, 1.807) is 60.7 Å². The van der Waals surface area contributed by atoms with Crippen LogP contribution in [0.3, 0.4) is 0 Å². The largest absolute Gasteiger partial charge is 0.223 e. The van der Waals surface area contributed by atoms with Crippen LogP contribution >= 0.6 is 0 Å². The molecule has 3 aliphatic carbocycles. The predicted molar refractivity (Wildman–Crippen MR) is 103 cm³/mol. The molecule has 0 heterocycles. The molecule has 27 heavy (non-hydrogen) atoms. The molecule has 0 aromatic heterocycles. The first-order valence-electron chi connectivity index (χ1n) is 9.15. The van der Waals surface area contributed by atoms with Crippen LogP contribution in [0.15, 0.2) is 82.6 Å². The average Bonchev–Trinajstić information content (AvgIpc) is 3.35. The highest BCUT2D eigenvalue weighted by Gasteiger charge is 2.72. The van der Waals surface area contributed by atoms with Gasteiger partial charge in [0.05, 0.1) is 20.3 Å². The van der Waals surface area contributed by atoms with Gasteiger partial charge in [0.2, 0.25) is 0 Å². The lowest BCUT2D eigenvalue weighted by atomic mass is 9.93. The average molecular weight is 401 g/mol. The Labute approximate surface area is 159 Å². The highest BCUT2D eigenvalue weighted by Crippen LogP contribution is 2.71. The first kappa shape index (κ1) is 17.2. The summed E-state index contributed by atoms with van der Waals surface area (Å²) in [7, 11) is -7.54. The normalized spacial score (nSPS) is 30.7. The first-order valence-corrected chi connectivity index (χ1v) is 12.2. The van der Waals surface area contributed by atoms with Gasteiger partial charge in [-0.2, -0.15) is 0 Å². The molecule has 6 heteroatoms. The van der Waals surface area contributed by atoms with Gasteiger partial charge in [-0.1, -0.05) is 48.6 Å². The number of hydrogen-bond acceptors (Lipinski definition) is 4. The molecule has 4 nitrogen and oxygen atoms in total. The van der Waals surface area contributed by atoms with Crippen molar-refractivity contribution in [2.45, 2.75) is 33.1 Å². The van der Waals surface area contributed by atoms with Crippen LogP contribution in [-0.2, 0) is 19.7 Å². The van der Waals surface area contributed by atoms with Crippen molar-refractivity contribution >= 4 is 19.7 Å². The monoisotopic (exact) mass is 400 g/mol. The molecular formula is C21H20O4S2. The summed E-state index contributed by atoms with van der Waals surface area (Å²) in [5, 5.41) is -1.86. The lowest BCUT2D eigenvalue weighted by Gasteiger charge is -2.27. The second-order valence-corrected chi connectivity index (χ2v) is 12.0. The van der Waals surface area contributed by atoms with Crippen molar-refractivity contribution in [1.29, 1.82) is 0 Å². The van der Waals surface area contributed by atoms with E-state index in [4.69, 9.17) is 0 Å². The molecular weight excluding hydrogens is 380 g/mol. The molecule has 0 N–H and O–H groups in total. The molecule has 1 spiro atoms. The Morgan fingerprint density at radius 2 is 1.00 bits per heavy atom. The fourth-order valence-corrected chi connectivity index (χ4v) is 10.3. The van der Waals surface area contributed by atoms with E-state index in [1.165, 1.54) is 0 Å². The van der Waals surface area contributed by atoms with Crippen molar-refractivity contribution in [1.82, 2.24) is 0 Å². The van der Waals surface area contributed by atoms with E-state index in [9.17, 15) is 16.8 Å². The van der Waals surface area contributed by atoms with E-state index in [0.717, 1.165) is 12.8 Å². The molecule has 0 saturated heterocycles. The van der Waals surface area contributed by atoms with Crippen molar-refractivity contribution in [3.8, 4) is 0 Å². The number of sulfone groups is 2. The summed E-state index contributed by atoms with van der Waals surface area (Å²) in [5.74, 6) is -0.451.